The van der Waals surface area contributed by atoms with Gasteiger partial charge in [0, 0.05) is 18.5 Å². The standard InChI is InChI=1S/C22H18F2N2O2/c1-15(26-22(27)8-6-16-5-7-20(23)21(24)13-16)17-3-2-4-19(14-17)28-18-9-11-25-12-10-18/h2-15H,1H3,(H,26,27)/t15-/m0/s1. The number of amides is 1. The molecule has 1 N–H and O–H groups in total. The number of halogens is 2. The van der Waals surface area contributed by atoms with Gasteiger partial charge >= 0.3 is 0 Å². The zero-order chi connectivity index (χ0) is 19.9. The monoisotopic (exact) mass is 380 g/mol. The van der Waals surface area contributed by atoms with Crippen LogP contribution in [-0.4, -0.2) is 10.9 Å². The van der Waals surface area contributed by atoms with Gasteiger partial charge in [-0.1, -0.05) is 18.2 Å². The van der Waals surface area contributed by atoms with Crippen molar-refractivity contribution in [2.24, 2.45) is 0 Å². The van der Waals surface area contributed by atoms with Crippen molar-refractivity contribution in [3.63, 3.8) is 0 Å². The summed E-state index contributed by atoms with van der Waals surface area (Å²) in [5, 5.41) is 2.82. The summed E-state index contributed by atoms with van der Waals surface area (Å²) in [5.74, 6) is -0.927. The lowest BCUT2D eigenvalue weighted by Gasteiger charge is -2.14. The van der Waals surface area contributed by atoms with E-state index in [2.05, 4.69) is 10.3 Å². The first-order valence-corrected chi connectivity index (χ1v) is 8.63. The first-order valence-electron chi connectivity index (χ1n) is 8.63. The van der Waals surface area contributed by atoms with Gasteiger partial charge in [0.05, 0.1) is 6.04 Å². The molecule has 3 aromatic rings. The minimum absolute atomic E-state index is 0.275. The predicted octanol–water partition coefficient (Wildman–Crippen LogP) is 5.04. The molecule has 0 radical (unpaired) electrons. The molecule has 142 valence electrons. The van der Waals surface area contributed by atoms with E-state index in [0.29, 0.717) is 17.1 Å². The molecule has 0 aliphatic heterocycles. The van der Waals surface area contributed by atoms with Crippen LogP contribution < -0.4 is 10.1 Å². The van der Waals surface area contributed by atoms with E-state index in [4.69, 9.17) is 4.74 Å². The van der Waals surface area contributed by atoms with E-state index in [-0.39, 0.29) is 11.9 Å². The zero-order valence-electron chi connectivity index (χ0n) is 15.1. The van der Waals surface area contributed by atoms with Gasteiger partial charge in [-0.2, -0.15) is 0 Å². The molecule has 0 saturated heterocycles. The van der Waals surface area contributed by atoms with E-state index in [1.165, 1.54) is 18.2 Å². The number of benzene rings is 2. The number of hydrogen-bond donors (Lipinski definition) is 1. The number of carbonyl (C=O) groups excluding carboxylic acids is 1. The molecule has 0 spiro atoms. The molecule has 3 rings (SSSR count). The van der Waals surface area contributed by atoms with Gasteiger partial charge in [-0.25, -0.2) is 8.78 Å². The maximum absolute atomic E-state index is 13.2. The highest BCUT2D eigenvalue weighted by atomic mass is 19.2. The molecule has 0 unspecified atom stereocenters. The number of ether oxygens (including phenoxy) is 1. The quantitative estimate of drug-likeness (QED) is 0.610. The van der Waals surface area contributed by atoms with Crippen molar-refractivity contribution in [3.8, 4) is 11.5 Å². The molecule has 0 aliphatic carbocycles. The van der Waals surface area contributed by atoms with E-state index < -0.39 is 11.6 Å². The maximum Gasteiger partial charge on any atom is 0.244 e. The van der Waals surface area contributed by atoms with Gasteiger partial charge < -0.3 is 10.1 Å². The summed E-state index contributed by atoms with van der Waals surface area (Å²) < 4.78 is 31.9. The number of carbonyl (C=O) groups is 1. The second-order valence-electron chi connectivity index (χ2n) is 6.09. The van der Waals surface area contributed by atoms with Crippen molar-refractivity contribution in [3.05, 3.63) is 95.8 Å². The van der Waals surface area contributed by atoms with Crippen LogP contribution in [0.2, 0.25) is 0 Å². The summed E-state index contributed by atoms with van der Waals surface area (Å²) in [7, 11) is 0. The topological polar surface area (TPSA) is 51.2 Å². The van der Waals surface area contributed by atoms with Crippen LogP contribution >= 0.6 is 0 Å². The molecule has 4 nitrogen and oxygen atoms in total. The third-order valence-corrected chi connectivity index (χ3v) is 3.97. The number of rotatable bonds is 6. The Balaban J connectivity index is 1.62. The molecular weight excluding hydrogens is 362 g/mol. The maximum atomic E-state index is 13.2. The Labute approximate surface area is 161 Å². The van der Waals surface area contributed by atoms with Crippen molar-refractivity contribution in [2.75, 3.05) is 0 Å². The van der Waals surface area contributed by atoms with Crippen molar-refractivity contribution in [1.82, 2.24) is 10.3 Å². The number of pyridine rings is 1. The fourth-order valence-corrected chi connectivity index (χ4v) is 2.52. The fourth-order valence-electron chi connectivity index (χ4n) is 2.52. The van der Waals surface area contributed by atoms with Gasteiger partial charge in [-0.05, 0) is 60.5 Å². The van der Waals surface area contributed by atoms with Gasteiger partial charge in [0.25, 0.3) is 0 Å². The molecule has 28 heavy (non-hydrogen) atoms. The highest BCUT2D eigenvalue weighted by Crippen LogP contribution is 2.24. The van der Waals surface area contributed by atoms with Crippen molar-refractivity contribution < 1.29 is 18.3 Å². The molecule has 0 fully saturated rings. The minimum Gasteiger partial charge on any atom is -0.457 e. The van der Waals surface area contributed by atoms with Gasteiger partial charge in [-0.3, -0.25) is 9.78 Å². The largest absolute Gasteiger partial charge is 0.457 e. The molecule has 6 heteroatoms. The van der Waals surface area contributed by atoms with Crippen molar-refractivity contribution in [2.45, 2.75) is 13.0 Å². The molecule has 0 bridgehead atoms. The second-order valence-corrected chi connectivity index (χ2v) is 6.09. The molecule has 1 heterocycles. The summed E-state index contributed by atoms with van der Waals surface area (Å²) in [6.07, 6.45) is 5.98. The van der Waals surface area contributed by atoms with Gasteiger partial charge in [0.2, 0.25) is 5.91 Å². The Hall–Kier alpha value is -3.54. The van der Waals surface area contributed by atoms with Crippen LogP contribution in [0.3, 0.4) is 0 Å². The Bertz CT molecular complexity index is 991. The van der Waals surface area contributed by atoms with Crippen molar-refractivity contribution >= 4 is 12.0 Å². The van der Waals surface area contributed by atoms with Crippen LogP contribution in [0.5, 0.6) is 11.5 Å². The van der Waals surface area contributed by atoms with Crippen LogP contribution in [0, 0.1) is 11.6 Å². The zero-order valence-corrected chi connectivity index (χ0v) is 15.1. The highest BCUT2D eigenvalue weighted by molar-refractivity contribution is 5.91. The Morgan fingerprint density at radius 1 is 1.04 bits per heavy atom. The summed E-state index contributed by atoms with van der Waals surface area (Å²) in [6, 6.07) is 14.0. The Kier molecular flexibility index (Phi) is 6.11. The molecule has 1 amide bonds. The first kappa shape index (κ1) is 19.2. The number of aromatic nitrogens is 1. The summed E-state index contributed by atoms with van der Waals surface area (Å²) in [4.78, 5) is 16.1. The van der Waals surface area contributed by atoms with E-state index >= 15 is 0 Å². The van der Waals surface area contributed by atoms with Crippen LogP contribution in [0.25, 0.3) is 6.08 Å². The van der Waals surface area contributed by atoms with E-state index in [1.807, 2.05) is 31.2 Å². The molecule has 0 aliphatic rings. The summed E-state index contributed by atoms with van der Waals surface area (Å²) in [5.41, 5.74) is 1.26. The summed E-state index contributed by atoms with van der Waals surface area (Å²) >= 11 is 0. The van der Waals surface area contributed by atoms with E-state index in [0.717, 1.165) is 17.7 Å². The average Bonchev–Trinajstić information content (AvgIpc) is 2.70. The Morgan fingerprint density at radius 2 is 1.82 bits per heavy atom. The van der Waals surface area contributed by atoms with Crippen LogP contribution in [0.1, 0.15) is 24.1 Å². The molecule has 0 saturated carbocycles. The number of hydrogen-bond acceptors (Lipinski definition) is 3. The third-order valence-electron chi connectivity index (χ3n) is 3.97. The van der Waals surface area contributed by atoms with Gasteiger partial charge in [0.15, 0.2) is 11.6 Å². The van der Waals surface area contributed by atoms with Gasteiger partial charge in [0.1, 0.15) is 11.5 Å². The third kappa shape index (κ3) is 5.23. The first-order chi connectivity index (χ1) is 13.5. The fraction of sp³-hybridized carbons (Fsp3) is 0.0909. The predicted molar refractivity (Wildman–Crippen MR) is 103 cm³/mol. The van der Waals surface area contributed by atoms with Crippen LogP contribution in [-0.2, 0) is 4.79 Å². The minimum atomic E-state index is -0.957. The smallest absolute Gasteiger partial charge is 0.244 e. The van der Waals surface area contributed by atoms with E-state index in [1.54, 1.807) is 24.5 Å². The molecular formula is C22H18F2N2O2. The lowest BCUT2D eigenvalue weighted by molar-refractivity contribution is -0.117. The molecule has 2 aromatic carbocycles. The summed E-state index contributed by atoms with van der Waals surface area (Å²) in [6.45, 7) is 1.84. The average molecular weight is 380 g/mol. The second kappa shape index (κ2) is 8.90. The van der Waals surface area contributed by atoms with Gasteiger partial charge in [-0.15, -0.1) is 0 Å². The van der Waals surface area contributed by atoms with Crippen molar-refractivity contribution in [1.29, 1.82) is 0 Å². The normalized spacial score (nSPS) is 12.0. The lowest BCUT2D eigenvalue weighted by Crippen LogP contribution is -2.24. The number of nitrogens with one attached hydrogen (secondary N) is 1. The highest BCUT2D eigenvalue weighted by Gasteiger charge is 2.09. The lowest BCUT2D eigenvalue weighted by atomic mass is 10.1. The van der Waals surface area contributed by atoms with E-state index in [9.17, 15) is 13.6 Å². The van der Waals surface area contributed by atoms with Crippen LogP contribution in [0.4, 0.5) is 8.78 Å². The molecule has 1 atom stereocenters. The SMILES string of the molecule is C[C@H](NC(=O)C=Cc1ccc(F)c(F)c1)c1cccc(Oc2ccncc2)c1. The Morgan fingerprint density at radius 3 is 2.57 bits per heavy atom. The number of nitrogens with zero attached hydrogens (tertiary/aromatic N) is 1. The van der Waals surface area contributed by atoms with Crippen LogP contribution in [0.15, 0.2) is 73.1 Å². The molecule has 1 aromatic heterocycles.